The highest BCUT2D eigenvalue weighted by atomic mass is 35.5. The van der Waals surface area contributed by atoms with Gasteiger partial charge >= 0.3 is 5.97 Å². The van der Waals surface area contributed by atoms with E-state index in [0.717, 1.165) is 0 Å². The summed E-state index contributed by atoms with van der Waals surface area (Å²) in [6.45, 7) is 5.55. The Morgan fingerprint density at radius 3 is 2.58 bits per heavy atom. The van der Waals surface area contributed by atoms with Crippen molar-refractivity contribution in [3.63, 3.8) is 0 Å². The van der Waals surface area contributed by atoms with E-state index in [1.54, 1.807) is 23.7 Å². The topological polar surface area (TPSA) is 84.2 Å². The first kappa shape index (κ1) is 18.0. The second-order valence-corrected chi connectivity index (χ2v) is 6.41. The molecule has 6 nitrogen and oxygen atoms in total. The normalized spacial score (nSPS) is 12.2. The largest absolute Gasteiger partial charge is 0.480 e. The van der Waals surface area contributed by atoms with E-state index < -0.39 is 17.9 Å². The molecule has 1 aromatic carbocycles. The summed E-state index contributed by atoms with van der Waals surface area (Å²) >= 11 is 6.16. The standard InChI is InChI=1S/C17H20ClN3O3/c1-10(2)8-14(17(23)24)20-16(22)12-9-19-21(11(12)3)15-7-5-4-6-13(15)18/h4-7,9-10,14H,8H2,1-3H3,(H,20,22)(H,23,24)/t14-/m0/s1. The molecule has 1 amide bonds. The molecule has 0 radical (unpaired) electrons. The first-order valence-corrected chi connectivity index (χ1v) is 8.02. The van der Waals surface area contributed by atoms with Crippen molar-refractivity contribution >= 4 is 23.5 Å². The highest BCUT2D eigenvalue weighted by Crippen LogP contribution is 2.22. The lowest BCUT2D eigenvalue weighted by molar-refractivity contribution is -0.139. The number of hydrogen-bond acceptors (Lipinski definition) is 3. The Balaban J connectivity index is 2.26. The number of carbonyl (C=O) groups excluding carboxylic acids is 1. The molecule has 0 aliphatic heterocycles. The van der Waals surface area contributed by atoms with Crippen molar-refractivity contribution in [1.29, 1.82) is 0 Å². The second kappa shape index (κ2) is 7.49. The highest BCUT2D eigenvalue weighted by molar-refractivity contribution is 6.32. The zero-order valence-corrected chi connectivity index (χ0v) is 14.5. The van der Waals surface area contributed by atoms with Crippen LogP contribution in [-0.4, -0.2) is 32.8 Å². The molecule has 24 heavy (non-hydrogen) atoms. The van der Waals surface area contributed by atoms with Crippen molar-refractivity contribution in [2.75, 3.05) is 0 Å². The van der Waals surface area contributed by atoms with Crippen LogP contribution in [0.4, 0.5) is 0 Å². The van der Waals surface area contributed by atoms with E-state index in [4.69, 9.17) is 11.6 Å². The third-order valence-electron chi connectivity index (χ3n) is 3.65. The molecule has 2 N–H and O–H groups in total. The lowest BCUT2D eigenvalue weighted by Gasteiger charge is -2.16. The SMILES string of the molecule is Cc1c(C(=O)N[C@@H](CC(C)C)C(=O)O)cnn1-c1ccccc1Cl. The molecule has 128 valence electrons. The van der Waals surface area contributed by atoms with Crippen molar-refractivity contribution < 1.29 is 14.7 Å². The van der Waals surface area contributed by atoms with E-state index in [2.05, 4.69) is 10.4 Å². The fraction of sp³-hybridized carbons (Fsp3) is 0.353. The molecule has 7 heteroatoms. The summed E-state index contributed by atoms with van der Waals surface area (Å²) in [5.74, 6) is -1.36. The van der Waals surface area contributed by atoms with Crippen LogP contribution in [-0.2, 0) is 4.79 Å². The fourth-order valence-electron chi connectivity index (χ4n) is 2.43. The molecular weight excluding hydrogens is 330 g/mol. The summed E-state index contributed by atoms with van der Waals surface area (Å²) in [5, 5.41) is 16.5. The molecule has 2 rings (SSSR count). The summed E-state index contributed by atoms with van der Waals surface area (Å²) in [6.07, 6.45) is 1.78. The number of carbonyl (C=O) groups is 2. The number of aliphatic carboxylic acids is 1. The van der Waals surface area contributed by atoms with Crippen LogP contribution in [0.25, 0.3) is 5.69 Å². The predicted octanol–water partition coefficient (Wildman–Crippen LogP) is 3.06. The van der Waals surface area contributed by atoms with Gasteiger partial charge in [-0.2, -0.15) is 5.10 Å². The van der Waals surface area contributed by atoms with E-state index in [0.29, 0.717) is 28.4 Å². The molecule has 0 aliphatic carbocycles. The first-order valence-electron chi connectivity index (χ1n) is 7.64. The van der Waals surface area contributed by atoms with Crippen LogP contribution in [0.3, 0.4) is 0 Å². The van der Waals surface area contributed by atoms with Crippen LogP contribution in [0.2, 0.25) is 5.02 Å². The average Bonchev–Trinajstić information content (AvgIpc) is 2.88. The molecule has 0 unspecified atom stereocenters. The number of benzene rings is 1. The van der Waals surface area contributed by atoms with E-state index in [-0.39, 0.29) is 5.92 Å². The van der Waals surface area contributed by atoms with Gasteiger partial charge in [0.2, 0.25) is 0 Å². The number of aromatic nitrogens is 2. The molecule has 0 bridgehead atoms. The van der Waals surface area contributed by atoms with Crippen LogP contribution in [0.5, 0.6) is 0 Å². The molecule has 0 saturated carbocycles. The number of amides is 1. The zero-order valence-electron chi connectivity index (χ0n) is 13.8. The van der Waals surface area contributed by atoms with Gasteiger partial charge in [-0.1, -0.05) is 37.6 Å². The molecule has 0 spiro atoms. The molecule has 0 saturated heterocycles. The van der Waals surface area contributed by atoms with Crippen LogP contribution in [0.15, 0.2) is 30.5 Å². The fourth-order valence-corrected chi connectivity index (χ4v) is 2.64. The van der Waals surface area contributed by atoms with Crippen LogP contribution >= 0.6 is 11.6 Å². The van der Waals surface area contributed by atoms with Gasteiger partial charge in [-0.3, -0.25) is 4.79 Å². The van der Waals surface area contributed by atoms with Gasteiger partial charge in [0, 0.05) is 0 Å². The summed E-state index contributed by atoms with van der Waals surface area (Å²) in [6, 6.07) is 6.23. The molecule has 1 aromatic heterocycles. The van der Waals surface area contributed by atoms with Gasteiger partial charge in [0.05, 0.1) is 28.2 Å². The second-order valence-electron chi connectivity index (χ2n) is 6.00. The predicted molar refractivity (Wildman–Crippen MR) is 91.7 cm³/mol. The van der Waals surface area contributed by atoms with Gasteiger partial charge in [0.1, 0.15) is 6.04 Å². The Kier molecular flexibility index (Phi) is 5.62. The number of para-hydroxylation sites is 1. The van der Waals surface area contributed by atoms with Gasteiger partial charge in [0.15, 0.2) is 0 Å². The van der Waals surface area contributed by atoms with E-state index >= 15 is 0 Å². The van der Waals surface area contributed by atoms with Gasteiger partial charge in [-0.05, 0) is 31.4 Å². The number of rotatable bonds is 6. The number of halogens is 1. The maximum absolute atomic E-state index is 12.4. The van der Waals surface area contributed by atoms with Crippen molar-refractivity contribution in [2.24, 2.45) is 5.92 Å². The van der Waals surface area contributed by atoms with E-state index in [1.807, 2.05) is 26.0 Å². The van der Waals surface area contributed by atoms with Crippen molar-refractivity contribution in [2.45, 2.75) is 33.2 Å². The third kappa shape index (κ3) is 3.94. The Morgan fingerprint density at radius 2 is 2.00 bits per heavy atom. The lowest BCUT2D eigenvalue weighted by Crippen LogP contribution is -2.41. The highest BCUT2D eigenvalue weighted by Gasteiger charge is 2.24. The summed E-state index contributed by atoms with van der Waals surface area (Å²) in [4.78, 5) is 23.7. The van der Waals surface area contributed by atoms with Crippen molar-refractivity contribution in [3.05, 3.63) is 46.7 Å². The Labute approximate surface area is 145 Å². The Morgan fingerprint density at radius 1 is 1.33 bits per heavy atom. The number of hydrogen-bond donors (Lipinski definition) is 2. The Hall–Kier alpha value is -2.34. The van der Waals surface area contributed by atoms with Crippen molar-refractivity contribution in [1.82, 2.24) is 15.1 Å². The smallest absolute Gasteiger partial charge is 0.326 e. The number of carboxylic acids is 1. The van der Waals surface area contributed by atoms with Gasteiger partial charge in [0.25, 0.3) is 5.91 Å². The maximum Gasteiger partial charge on any atom is 0.326 e. The summed E-state index contributed by atoms with van der Waals surface area (Å²) in [7, 11) is 0. The average molecular weight is 350 g/mol. The number of nitrogens with one attached hydrogen (secondary N) is 1. The van der Waals surface area contributed by atoms with Crippen LogP contribution in [0.1, 0.15) is 36.3 Å². The van der Waals surface area contributed by atoms with Crippen LogP contribution < -0.4 is 5.32 Å². The van der Waals surface area contributed by atoms with E-state index in [9.17, 15) is 14.7 Å². The number of carboxylic acid groups (broad SMARTS) is 1. The molecule has 0 fully saturated rings. The quantitative estimate of drug-likeness (QED) is 0.839. The number of nitrogens with zero attached hydrogens (tertiary/aromatic N) is 2. The molecular formula is C17H20ClN3O3. The van der Waals surface area contributed by atoms with Gasteiger partial charge in [-0.15, -0.1) is 0 Å². The minimum absolute atomic E-state index is 0.151. The van der Waals surface area contributed by atoms with Gasteiger partial charge < -0.3 is 10.4 Å². The maximum atomic E-state index is 12.4. The first-order chi connectivity index (χ1) is 11.3. The molecule has 0 aliphatic rings. The molecule has 2 aromatic rings. The summed E-state index contributed by atoms with van der Waals surface area (Å²) in [5.41, 5.74) is 1.58. The lowest BCUT2D eigenvalue weighted by atomic mass is 10.0. The monoisotopic (exact) mass is 349 g/mol. The van der Waals surface area contributed by atoms with Crippen molar-refractivity contribution in [3.8, 4) is 5.69 Å². The minimum atomic E-state index is -1.05. The van der Waals surface area contributed by atoms with E-state index in [1.165, 1.54) is 6.20 Å². The Bertz CT molecular complexity index is 755. The summed E-state index contributed by atoms with van der Waals surface area (Å²) < 4.78 is 1.56. The minimum Gasteiger partial charge on any atom is -0.480 e. The van der Waals surface area contributed by atoms with Crippen LogP contribution in [0, 0.1) is 12.8 Å². The molecule has 1 atom stereocenters. The molecule has 1 heterocycles. The zero-order chi connectivity index (χ0) is 17.9. The third-order valence-corrected chi connectivity index (χ3v) is 3.97. The van der Waals surface area contributed by atoms with Gasteiger partial charge in [-0.25, -0.2) is 9.48 Å².